The number of methoxy groups -OCH3 is 1. The molecule has 29 heavy (non-hydrogen) atoms. The summed E-state index contributed by atoms with van der Waals surface area (Å²) in [5.41, 5.74) is 2.19. The summed E-state index contributed by atoms with van der Waals surface area (Å²) in [5.74, 6) is -0.972. The molecule has 0 aliphatic rings. The maximum absolute atomic E-state index is 13.1. The highest BCUT2D eigenvalue weighted by molar-refractivity contribution is 7.89. The minimum Gasteiger partial charge on any atom is -0.465 e. The van der Waals surface area contributed by atoms with Gasteiger partial charge in [0, 0.05) is 17.3 Å². The number of benzene rings is 2. The van der Waals surface area contributed by atoms with Crippen molar-refractivity contribution >= 4 is 16.0 Å². The Balaban J connectivity index is 1.86. The van der Waals surface area contributed by atoms with Crippen molar-refractivity contribution in [3.63, 3.8) is 0 Å². The predicted octanol–water partition coefficient (Wildman–Crippen LogP) is 3.15. The van der Waals surface area contributed by atoms with Crippen LogP contribution in [0.1, 0.15) is 34.6 Å². The van der Waals surface area contributed by atoms with Gasteiger partial charge in [0.25, 0.3) is 0 Å². The number of halogens is 1. The van der Waals surface area contributed by atoms with Crippen LogP contribution in [-0.4, -0.2) is 31.3 Å². The van der Waals surface area contributed by atoms with E-state index in [-0.39, 0.29) is 16.3 Å². The van der Waals surface area contributed by atoms with Gasteiger partial charge in [-0.15, -0.1) is 0 Å². The van der Waals surface area contributed by atoms with E-state index in [1.54, 1.807) is 36.9 Å². The largest absolute Gasteiger partial charge is 0.465 e. The maximum Gasteiger partial charge on any atom is 0.337 e. The van der Waals surface area contributed by atoms with Crippen molar-refractivity contribution < 1.29 is 22.3 Å². The van der Waals surface area contributed by atoms with Crippen LogP contribution in [0.5, 0.6) is 0 Å². The normalized spacial score (nSPS) is 12.6. The molecule has 3 aromatic rings. The first-order valence-electron chi connectivity index (χ1n) is 8.74. The monoisotopic (exact) mass is 417 g/mol. The van der Waals surface area contributed by atoms with Crippen molar-refractivity contribution in [3.05, 3.63) is 77.4 Å². The van der Waals surface area contributed by atoms with Crippen molar-refractivity contribution in [2.45, 2.75) is 24.8 Å². The number of hydrogen-bond acceptors (Lipinski definition) is 5. The van der Waals surface area contributed by atoms with Gasteiger partial charge in [0.1, 0.15) is 5.82 Å². The van der Waals surface area contributed by atoms with Crippen LogP contribution in [0.25, 0.3) is 5.69 Å². The quantitative estimate of drug-likeness (QED) is 0.623. The molecule has 1 atom stereocenters. The zero-order chi connectivity index (χ0) is 21.2. The van der Waals surface area contributed by atoms with Crippen LogP contribution >= 0.6 is 0 Å². The van der Waals surface area contributed by atoms with Crippen LogP contribution in [0.2, 0.25) is 0 Å². The van der Waals surface area contributed by atoms with Gasteiger partial charge in [-0.2, -0.15) is 5.10 Å². The fourth-order valence-electron chi connectivity index (χ4n) is 2.96. The van der Waals surface area contributed by atoms with Crippen molar-refractivity contribution in [2.24, 2.45) is 0 Å². The van der Waals surface area contributed by atoms with E-state index >= 15 is 0 Å². The molecular weight excluding hydrogens is 397 g/mol. The Hall–Kier alpha value is -3.04. The fourth-order valence-corrected chi connectivity index (χ4v) is 4.23. The first-order valence-corrected chi connectivity index (χ1v) is 10.2. The van der Waals surface area contributed by atoms with Crippen molar-refractivity contribution in [2.75, 3.05) is 7.11 Å². The second-order valence-electron chi connectivity index (χ2n) is 6.44. The van der Waals surface area contributed by atoms with Crippen molar-refractivity contribution in [1.29, 1.82) is 0 Å². The molecule has 3 rings (SSSR count). The molecule has 0 spiro atoms. The molecule has 2 aromatic carbocycles. The van der Waals surface area contributed by atoms with Gasteiger partial charge in [0.2, 0.25) is 10.0 Å². The Bertz CT molecular complexity index is 1140. The van der Waals surface area contributed by atoms with E-state index in [0.29, 0.717) is 11.3 Å². The Morgan fingerprint density at radius 2 is 1.90 bits per heavy atom. The molecule has 1 unspecified atom stereocenters. The van der Waals surface area contributed by atoms with E-state index < -0.39 is 22.0 Å². The zero-order valence-corrected chi connectivity index (χ0v) is 16.9. The second kappa shape index (κ2) is 8.14. The molecule has 152 valence electrons. The highest BCUT2D eigenvalue weighted by Gasteiger charge is 2.22. The molecule has 0 bridgehead atoms. The van der Waals surface area contributed by atoms with Gasteiger partial charge in [-0.25, -0.2) is 27.0 Å². The Morgan fingerprint density at radius 3 is 2.55 bits per heavy atom. The van der Waals surface area contributed by atoms with Crippen LogP contribution in [0, 0.1) is 12.7 Å². The number of carbonyl (C=O) groups is 1. The molecule has 0 aliphatic carbocycles. The first-order chi connectivity index (χ1) is 13.7. The third-order valence-corrected chi connectivity index (χ3v) is 6.02. The summed E-state index contributed by atoms with van der Waals surface area (Å²) in [4.78, 5) is 11.6. The summed E-state index contributed by atoms with van der Waals surface area (Å²) in [6.45, 7) is 3.50. The summed E-state index contributed by atoms with van der Waals surface area (Å²) < 4.78 is 47.5. The summed E-state index contributed by atoms with van der Waals surface area (Å²) in [7, 11) is -2.67. The number of sulfonamides is 1. The standard InChI is InChI=1S/C20H20FN3O4S/c1-13(19-12-22-24(14(19)2)17-9-7-16(21)8-10-17)23-29(26,27)18-6-4-5-15(11-18)20(25)28-3/h4-13,23H,1-3H3. The number of aromatic nitrogens is 2. The fraction of sp³-hybridized carbons (Fsp3) is 0.200. The number of hydrogen-bond donors (Lipinski definition) is 1. The smallest absolute Gasteiger partial charge is 0.337 e. The number of carbonyl (C=O) groups excluding carboxylic acids is 1. The number of nitrogens with one attached hydrogen (secondary N) is 1. The zero-order valence-electron chi connectivity index (χ0n) is 16.1. The lowest BCUT2D eigenvalue weighted by Gasteiger charge is -2.15. The van der Waals surface area contributed by atoms with E-state index in [0.717, 1.165) is 5.69 Å². The molecule has 0 saturated heterocycles. The van der Waals surface area contributed by atoms with Gasteiger partial charge in [-0.1, -0.05) is 6.07 Å². The van der Waals surface area contributed by atoms with Crippen LogP contribution < -0.4 is 4.72 Å². The molecule has 1 heterocycles. The van der Waals surface area contributed by atoms with E-state index in [9.17, 15) is 17.6 Å². The second-order valence-corrected chi connectivity index (χ2v) is 8.15. The summed E-state index contributed by atoms with van der Waals surface area (Å²) >= 11 is 0. The average Bonchev–Trinajstić information content (AvgIpc) is 3.09. The molecule has 7 nitrogen and oxygen atoms in total. The molecule has 1 aromatic heterocycles. The lowest BCUT2D eigenvalue weighted by Crippen LogP contribution is -2.27. The van der Waals surface area contributed by atoms with E-state index in [4.69, 9.17) is 0 Å². The molecule has 0 radical (unpaired) electrons. The van der Waals surface area contributed by atoms with E-state index in [2.05, 4.69) is 14.6 Å². The van der Waals surface area contributed by atoms with E-state index in [1.165, 1.54) is 43.5 Å². The summed E-state index contributed by atoms with van der Waals surface area (Å²) in [6.07, 6.45) is 1.57. The lowest BCUT2D eigenvalue weighted by molar-refractivity contribution is 0.0600. The third-order valence-electron chi connectivity index (χ3n) is 4.48. The topological polar surface area (TPSA) is 90.3 Å². The minimum absolute atomic E-state index is 0.0455. The van der Waals surface area contributed by atoms with Gasteiger partial charge < -0.3 is 4.74 Å². The summed E-state index contributed by atoms with van der Waals surface area (Å²) in [6, 6.07) is 10.9. The molecule has 0 saturated carbocycles. The van der Waals surface area contributed by atoms with Gasteiger partial charge in [-0.3, -0.25) is 0 Å². The molecule has 1 N–H and O–H groups in total. The molecule has 0 aliphatic heterocycles. The third kappa shape index (κ3) is 4.36. The van der Waals surface area contributed by atoms with Gasteiger partial charge in [-0.05, 0) is 56.3 Å². The van der Waals surface area contributed by atoms with Crippen LogP contribution in [0.15, 0.2) is 59.6 Å². The van der Waals surface area contributed by atoms with Gasteiger partial charge in [0.15, 0.2) is 0 Å². The highest BCUT2D eigenvalue weighted by atomic mass is 32.2. The minimum atomic E-state index is -3.89. The molecule has 0 amide bonds. The van der Waals surface area contributed by atoms with Crippen LogP contribution in [-0.2, 0) is 14.8 Å². The molecular formula is C20H20FN3O4S. The lowest BCUT2D eigenvalue weighted by atomic mass is 10.1. The SMILES string of the molecule is COC(=O)c1cccc(S(=O)(=O)NC(C)c2cnn(-c3ccc(F)cc3)c2C)c1. The van der Waals surface area contributed by atoms with E-state index in [1.807, 2.05) is 0 Å². The first kappa shape index (κ1) is 20.7. The molecule has 0 fully saturated rings. The van der Waals surface area contributed by atoms with Crippen molar-refractivity contribution in [1.82, 2.24) is 14.5 Å². The predicted molar refractivity (Wildman–Crippen MR) is 105 cm³/mol. The number of ether oxygens (including phenoxy) is 1. The summed E-state index contributed by atoms with van der Waals surface area (Å²) in [5, 5.41) is 4.29. The maximum atomic E-state index is 13.1. The van der Waals surface area contributed by atoms with Crippen LogP contribution in [0.3, 0.4) is 0 Å². The average molecular weight is 417 g/mol. The number of nitrogens with zero attached hydrogens (tertiary/aromatic N) is 2. The Kier molecular flexibility index (Phi) is 5.81. The number of rotatable bonds is 6. The Morgan fingerprint density at radius 1 is 1.21 bits per heavy atom. The van der Waals surface area contributed by atoms with Gasteiger partial charge in [0.05, 0.1) is 29.5 Å². The highest BCUT2D eigenvalue weighted by Crippen LogP contribution is 2.23. The Labute approximate surface area is 168 Å². The van der Waals surface area contributed by atoms with Crippen molar-refractivity contribution in [3.8, 4) is 5.69 Å². The number of esters is 1. The van der Waals surface area contributed by atoms with Crippen LogP contribution in [0.4, 0.5) is 4.39 Å². The molecule has 9 heteroatoms. The van der Waals surface area contributed by atoms with Gasteiger partial charge >= 0.3 is 5.97 Å².